The number of carbonyl (C=O) groups is 1. The van der Waals surface area contributed by atoms with Gasteiger partial charge in [0.2, 0.25) is 5.91 Å². The third kappa shape index (κ3) is 4.81. The fourth-order valence-electron chi connectivity index (χ4n) is 4.11. The molecule has 2 atom stereocenters. The van der Waals surface area contributed by atoms with E-state index in [0.29, 0.717) is 0 Å². The van der Waals surface area contributed by atoms with Crippen molar-refractivity contribution in [1.82, 2.24) is 9.80 Å². The van der Waals surface area contributed by atoms with E-state index in [-0.39, 0.29) is 17.7 Å². The van der Waals surface area contributed by atoms with Crippen LogP contribution in [0.5, 0.6) is 0 Å². The van der Waals surface area contributed by atoms with Crippen molar-refractivity contribution in [3.05, 3.63) is 71.3 Å². The Morgan fingerprint density at radius 2 is 1.59 bits per heavy atom. The summed E-state index contributed by atoms with van der Waals surface area (Å²) in [6.45, 7) is 4.18. The van der Waals surface area contributed by atoms with Crippen molar-refractivity contribution in [2.75, 3.05) is 32.7 Å². The Kier molecular flexibility index (Phi) is 5.63. The predicted octanol–water partition coefficient (Wildman–Crippen LogP) is 4.20. The molecule has 2 fully saturated rings. The molecule has 1 aliphatic heterocycles. The molecular weight excluding hydrogens is 377 g/mol. The van der Waals surface area contributed by atoms with Gasteiger partial charge in [0, 0.05) is 38.6 Å². The second-order valence-electron chi connectivity index (χ2n) is 7.97. The smallest absolute Gasteiger partial charge is 0.340 e. The molecule has 2 unspecified atom stereocenters. The normalized spacial score (nSPS) is 22.5. The zero-order valence-electron chi connectivity index (χ0n) is 16.2. The van der Waals surface area contributed by atoms with Gasteiger partial charge in [0.25, 0.3) is 0 Å². The molecule has 1 saturated heterocycles. The summed E-state index contributed by atoms with van der Waals surface area (Å²) in [5, 5.41) is 0. The number of piperazine rings is 1. The number of hydrogen-bond acceptors (Lipinski definition) is 2. The third-order valence-corrected chi connectivity index (χ3v) is 6.02. The maximum atomic E-state index is 12.8. The van der Waals surface area contributed by atoms with Crippen LogP contribution in [0.4, 0.5) is 13.2 Å². The molecule has 0 spiro atoms. The van der Waals surface area contributed by atoms with Gasteiger partial charge in [-0.3, -0.25) is 9.69 Å². The molecule has 29 heavy (non-hydrogen) atoms. The summed E-state index contributed by atoms with van der Waals surface area (Å²) in [6, 6.07) is 15.6. The van der Waals surface area contributed by atoms with Crippen LogP contribution in [0.15, 0.2) is 54.6 Å². The van der Waals surface area contributed by atoms with Crippen LogP contribution in [0.1, 0.15) is 29.0 Å². The number of amides is 1. The molecule has 3 nitrogen and oxygen atoms in total. The number of carbonyl (C=O) groups excluding carboxylic acids is 1. The molecule has 2 aromatic rings. The zero-order valence-corrected chi connectivity index (χ0v) is 16.2. The minimum Gasteiger partial charge on any atom is -0.340 e. The van der Waals surface area contributed by atoms with Crippen LogP contribution in [0.3, 0.4) is 0 Å². The first-order valence-corrected chi connectivity index (χ1v) is 10.1. The Hall–Kier alpha value is -2.34. The quantitative estimate of drug-likeness (QED) is 0.749. The molecule has 2 aromatic carbocycles. The number of hydrogen-bond donors (Lipinski definition) is 0. The van der Waals surface area contributed by atoms with E-state index in [1.807, 2.05) is 11.0 Å². The number of benzene rings is 2. The number of rotatable bonds is 5. The molecule has 1 saturated carbocycles. The number of alkyl halides is 3. The minimum absolute atomic E-state index is 0.0564. The van der Waals surface area contributed by atoms with Gasteiger partial charge >= 0.3 is 6.18 Å². The molecule has 6 heteroatoms. The fraction of sp³-hybridized carbons (Fsp3) is 0.435. The molecule has 0 bridgehead atoms. The van der Waals surface area contributed by atoms with Gasteiger partial charge in [-0.25, -0.2) is 0 Å². The fourth-order valence-corrected chi connectivity index (χ4v) is 4.11. The first-order chi connectivity index (χ1) is 13.9. The lowest BCUT2D eigenvalue weighted by Gasteiger charge is -2.35. The molecule has 0 aromatic heterocycles. The molecule has 1 aliphatic carbocycles. The van der Waals surface area contributed by atoms with Gasteiger partial charge in [0.05, 0.1) is 5.56 Å². The highest BCUT2D eigenvalue weighted by Crippen LogP contribution is 2.49. The highest BCUT2D eigenvalue weighted by atomic mass is 19.4. The maximum absolute atomic E-state index is 12.8. The molecular formula is C23H25F3N2O. The number of nitrogens with zero attached hydrogens (tertiary/aromatic N) is 2. The molecule has 0 radical (unpaired) electrons. The van der Waals surface area contributed by atoms with Crippen LogP contribution < -0.4 is 0 Å². The van der Waals surface area contributed by atoms with Gasteiger partial charge in [-0.1, -0.05) is 42.5 Å². The van der Waals surface area contributed by atoms with Crippen LogP contribution >= 0.6 is 0 Å². The third-order valence-electron chi connectivity index (χ3n) is 6.02. The number of halogens is 3. The lowest BCUT2D eigenvalue weighted by molar-refractivity contribution is -0.137. The zero-order chi connectivity index (χ0) is 20.4. The van der Waals surface area contributed by atoms with Gasteiger partial charge in [0.1, 0.15) is 0 Å². The van der Waals surface area contributed by atoms with E-state index in [2.05, 4.69) is 29.2 Å². The van der Waals surface area contributed by atoms with Gasteiger partial charge in [-0.05, 0) is 42.0 Å². The summed E-state index contributed by atoms with van der Waals surface area (Å²) in [5.74, 6) is 0.126. The summed E-state index contributed by atoms with van der Waals surface area (Å²) in [6.07, 6.45) is -2.58. The first kappa shape index (κ1) is 20.0. The van der Waals surface area contributed by atoms with Crippen LogP contribution in [-0.4, -0.2) is 48.4 Å². The average molecular weight is 402 g/mol. The van der Waals surface area contributed by atoms with Crippen molar-refractivity contribution in [3.63, 3.8) is 0 Å². The van der Waals surface area contributed by atoms with Crippen molar-refractivity contribution in [3.8, 4) is 0 Å². The van der Waals surface area contributed by atoms with Gasteiger partial charge in [0.15, 0.2) is 0 Å². The topological polar surface area (TPSA) is 23.6 Å². The van der Waals surface area contributed by atoms with E-state index in [1.165, 1.54) is 17.7 Å². The molecule has 0 N–H and O–H groups in total. The summed E-state index contributed by atoms with van der Waals surface area (Å²) < 4.78 is 38.1. The maximum Gasteiger partial charge on any atom is 0.416 e. The predicted molar refractivity (Wildman–Crippen MR) is 105 cm³/mol. The van der Waals surface area contributed by atoms with Crippen molar-refractivity contribution in [1.29, 1.82) is 0 Å². The minimum atomic E-state index is -4.32. The first-order valence-electron chi connectivity index (χ1n) is 10.1. The largest absolute Gasteiger partial charge is 0.416 e. The Morgan fingerprint density at radius 1 is 0.931 bits per heavy atom. The highest BCUT2D eigenvalue weighted by Gasteiger charge is 2.46. The molecule has 1 heterocycles. The second kappa shape index (κ2) is 8.19. The van der Waals surface area contributed by atoms with Gasteiger partial charge in [-0.2, -0.15) is 13.2 Å². The summed E-state index contributed by atoms with van der Waals surface area (Å²) in [4.78, 5) is 17.1. The van der Waals surface area contributed by atoms with Gasteiger partial charge in [-0.15, -0.1) is 0 Å². The summed E-state index contributed by atoms with van der Waals surface area (Å²) in [7, 11) is 0. The molecule has 1 amide bonds. The van der Waals surface area contributed by atoms with Gasteiger partial charge < -0.3 is 4.90 Å². The van der Waals surface area contributed by atoms with Crippen molar-refractivity contribution in [2.45, 2.75) is 24.9 Å². The van der Waals surface area contributed by atoms with Crippen molar-refractivity contribution >= 4 is 5.91 Å². The van der Waals surface area contributed by atoms with Crippen LogP contribution in [0, 0.1) is 5.92 Å². The lowest BCUT2D eigenvalue weighted by atomic mass is 10.1. The lowest BCUT2D eigenvalue weighted by Crippen LogP contribution is -2.49. The van der Waals surface area contributed by atoms with Crippen molar-refractivity contribution < 1.29 is 18.0 Å². The van der Waals surface area contributed by atoms with E-state index >= 15 is 0 Å². The highest BCUT2D eigenvalue weighted by molar-refractivity contribution is 5.83. The standard InChI is InChI=1S/C23H25F3N2O/c24-23(25,26)19-8-6-18(7-9-19)20-16-21(20)22(29)28-14-12-27(13-15-28)11-10-17-4-2-1-3-5-17/h1-9,20-21H,10-16H2. The second-order valence-corrected chi connectivity index (χ2v) is 7.97. The SMILES string of the molecule is O=C(C1CC1c1ccc(C(F)(F)F)cc1)N1CCN(CCc2ccccc2)CC1. The summed E-state index contributed by atoms with van der Waals surface area (Å²) >= 11 is 0. The van der Waals surface area contributed by atoms with E-state index in [4.69, 9.17) is 0 Å². The van der Waals surface area contributed by atoms with Crippen LogP contribution in [-0.2, 0) is 17.4 Å². The van der Waals surface area contributed by atoms with E-state index in [1.54, 1.807) is 0 Å². The van der Waals surface area contributed by atoms with Crippen LogP contribution in [0.25, 0.3) is 0 Å². The van der Waals surface area contributed by atoms with Crippen LogP contribution in [0.2, 0.25) is 0 Å². The monoisotopic (exact) mass is 402 g/mol. The van der Waals surface area contributed by atoms with E-state index < -0.39 is 11.7 Å². The molecule has 2 aliphatic rings. The Bertz CT molecular complexity index is 827. The Balaban J connectivity index is 1.24. The molecule has 4 rings (SSSR count). The van der Waals surface area contributed by atoms with E-state index in [9.17, 15) is 18.0 Å². The van der Waals surface area contributed by atoms with E-state index in [0.717, 1.165) is 63.3 Å². The average Bonchev–Trinajstić information content (AvgIpc) is 3.53. The Labute approximate surface area is 169 Å². The Morgan fingerprint density at radius 3 is 2.21 bits per heavy atom. The molecule has 154 valence electrons. The van der Waals surface area contributed by atoms with Crippen molar-refractivity contribution in [2.24, 2.45) is 5.92 Å². The summed E-state index contributed by atoms with van der Waals surface area (Å²) in [5.41, 5.74) is 1.51.